The van der Waals surface area contributed by atoms with Gasteiger partial charge in [0.1, 0.15) is 0 Å². The predicted molar refractivity (Wildman–Crippen MR) is 108 cm³/mol. The highest BCUT2D eigenvalue weighted by molar-refractivity contribution is 5.91. The Morgan fingerprint density at radius 3 is 2.46 bits per heavy atom. The molecule has 2 atom stereocenters. The van der Waals surface area contributed by atoms with Crippen molar-refractivity contribution < 1.29 is 4.79 Å². The van der Waals surface area contributed by atoms with Crippen LogP contribution in [0, 0.1) is 12.8 Å². The zero-order chi connectivity index (χ0) is 17.4. The Labute approximate surface area is 162 Å². The number of carbonyl (C=O) groups excluding carboxylic acids is 1. The Bertz CT molecular complexity index is 773. The smallest absolute Gasteiger partial charge is 0.233 e. The minimum Gasteiger partial charge on any atom is -0.341 e. The summed E-state index contributed by atoms with van der Waals surface area (Å²) in [6, 6.07) is 19.0. The molecule has 2 aliphatic rings. The third-order valence-electron chi connectivity index (χ3n) is 5.99. The van der Waals surface area contributed by atoms with Crippen LogP contribution in [0.1, 0.15) is 35.4 Å². The third kappa shape index (κ3) is 3.26. The topological polar surface area (TPSA) is 46.3 Å². The van der Waals surface area contributed by atoms with E-state index in [0.29, 0.717) is 24.3 Å². The highest BCUT2D eigenvalue weighted by Gasteiger charge is 2.54. The molecule has 1 heterocycles. The predicted octanol–water partition coefficient (Wildman–Crippen LogP) is 3.65. The van der Waals surface area contributed by atoms with Crippen LogP contribution in [-0.2, 0) is 10.2 Å². The Balaban J connectivity index is 0.00000196. The Kier molecular flexibility index (Phi) is 5.40. The lowest BCUT2D eigenvalue weighted by Gasteiger charge is -2.24. The number of benzene rings is 2. The lowest BCUT2D eigenvalue weighted by molar-refractivity contribution is -0.133. The van der Waals surface area contributed by atoms with Gasteiger partial charge in [0, 0.05) is 19.0 Å². The van der Waals surface area contributed by atoms with Crippen molar-refractivity contribution in [3.05, 3.63) is 71.3 Å². The second kappa shape index (κ2) is 7.42. The van der Waals surface area contributed by atoms with Gasteiger partial charge >= 0.3 is 0 Å². The number of hydrogen-bond acceptors (Lipinski definition) is 2. The van der Waals surface area contributed by atoms with Crippen molar-refractivity contribution in [2.75, 3.05) is 19.6 Å². The molecule has 3 nitrogen and oxygen atoms in total. The number of likely N-dealkylation sites (tertiary alicyclic amines) is 1. The molecule has 0 unspecified atom stereocenters. The van der Waals surface area contributed by atoms with Gasteiger partial charge < -0.3 is 10.6 Å². The summed E-state index contributed by atoms with van der Waals surface area (Å²) >= 11 is 0. The van der Waals surface area contributed by atoms with E-state index >= 15 is 0 Å². The van der Waals surface area contributed by atoms with E-state index in [1.807, 2.05) is 6.07 Å². The summed E-state index contributed by atoms with van der Waals surface area (Å²) in [4.78, 5) is 15.4. The number of nitrogens with two attached hydrogens (primary N) is 1. The van der Waals surface area contributed by atoms with E-state index in [0.717, 1.165) is 25.9 Å². The summed E-state index contributed by atoms with van der Waals surface area (Å²) in [5.41, 5.74) is 9.47. The first-order valence-electron chi connectivity index (χ1n) is 9.25. The molecule has 0 bridgehead atoms. The number of hydrogen-bond donors (Lipinski definition) is 1. The lowest BCUT2D eigenvalue weighted by Crippen LogP contribution is -2.38. The van der Waals surface area contributed by atoms with Crippen molar-refractivity contribution in [2.24, 2.45) is 11.7 Å². The Morgan fingerprint density at radius 1 is 1.12 bits per heavy atom. The molecule has 26 heavy (non-hydrogen) atoms. The molecule has 1 saturated heterocycles. The maximum Gasteiger partial charge on any atom is 0.233 e. The van der Waals surface area contributed by atoms with Crippen molar-refractivity contribution in [3.63, 3.8) is 0 Å². The second-order valence-electron chi connectivity index (χ2n) is 7.67. The fraction of sp³-hybridized carbons (Fsp3) is 0.409. The minimum absolute atomic E-state index is 0. The van der Waals surface area contributed by atoms with E-state index in [9.17, 15) is 4.79 Å². The van der Waals surface area contributed by atoms with Crippen LogP contribution >= 0.6 is 12.4 Å². The summed E-state index contributed by atoms with van der Waals surface area (Å²) in [6.07, 6.45) is 1.93. The number of halogens is 1. The average molecular weight is 371 g/mol. The van der Waals surface area contributed by atoms with Crippen LogP contribution < -0.4 is 5.73 Å². The molecule has 0 radical (unpaired) electrons. The van der Waals surface area contributed by atoms with Crippen molar-refractivity contribution in [2.45, 2.75) is 31.1 Å². The molecule has 4 heteroatoms. The normalized spacial score (nSPS) is 23.4. The van der Waals surface area contributed by atoms with Crippen molar-refractivity contribution >= 4 is 18.3 Å². The van der Waals surface area contributed by atoms with Gasteiger partial charge in [0.05, 0.1) is 5.41 Å². The van der Waals surface area contributed by atoms with Crippen LogP contribution in [-0.4, -0.2) is 30.4 Å². The summed E-state index contributed by atoms with van der Waals surface area (Å²) in [7, 11) is 0. The molecule has 1 aliphatic heterocycles. The van der Waals surface area contributed by atoms with Gasteiger partial charge in [-0.05, 0) is 43.4 Å². The zero-order valence-corrected chi connectivity index (χ0v) is 16.0. The van der Waals surface area contributed by atoms with Gasteiger partial charge in [-0.3, -0.25) is 4.79 Å². The highest BCUT2D eigenvalue weighted by Crippen LogP contribution is 2.51. The number of carbonyl (C=O) groups is 1. The van der Waals surface area contributed by atoms with Gasteiger partial charge in [0.2, 0.25) is 5.91 Å². The van der Waals surface area contributed by atoms with Gasteiger partial charge in [0.25, 0.3) is 0 Å². The molecule has 1 amide bonds. The molecular weight excluding hydrogens is 344 g/mol. The maximum atomic E-state index is 13.4. The summed E-state index contributed by atoms with van der Waals surface area (Å²) in [6.45, 7) is 4.29. The van der Waals surface area contributed by atoms with Crippen molar-refractivity contribution in [1.29, 1.82) is 0 Å². The lowest BCUT2D eigenvalue weighted by atomic mass is 9.89. The largest absolute Gasteiger partial charge is 0.341 e. The van der Waals surface area contributed by atoms with Crippen LogP contribution in [0.4, 0.5) is 0 Å². The van der Waals surface area contributed by atoms with Crippen molar-refractivity contribution in [1.82, 2.24) is 4.90 Å². The molecule has 1 saturated carbocycles. The van der Waals surface area contributed by atoms with Gasteiger partial charge in [-0.15, -0.1) is 12.4 Å². The molecule has 0 aromatic heterocycles. The van der Waals surface area contributed by atoms with Gasteiger partial charge in [-0.2, -0.15) is 0 Å². The number of nitrogens with zero attached hydrogens (tertiary/aromatic N) is 1. The van der Waals surface area contributed by atoms with Crippen LogP contribution in [0.2, 0.25) is 0 Å². The number of aryl methyl sites for hydroxylation is 1. The van der Waals surface area contributed by atoms with E-state index in [2.05, 4.69) is 60.4 Å². The fourth-order valence-corrected chi connectivity index (χ4v) is 4.35. The maximum absolute atomic E-state index is 13.4. The molecule has 4 rings (SSSR count). The van der Waals surface area contributed by atoms with E-state index in [1.165, 1.54) is 16.7 Å². The number of rotatable bonds is 4. The van der Waals surface area contributed by atoms with Crippen LogP contribution in [0.5, 0.6) is 0 Å². The van der Waals surface area contributed by atoms with Crippen LogP contribution in [0.15, 0.2) is 54.6 Å². The Morgan fingerprint density at radius 2 is 1.85 bits per heavy atom. The second-order valence-corrected chi connectivity index (χ2v) is 7.67. The molecular formula is C22H27ClN2O. The average Bonchev–Trinajstić information content (AvgIpc) is 3.34. The number of amides is 1. The minimum atomic E-state index is -0.281. The summed E-state index contributed by atoms with van der Waals surface area (Å²) < 4.78 is 0. The standard InChI is InChI=1S/C22H26N2O.ClH/c1-16-6-5-9-19(12-16)22(10-11-22)21(25)24-14-18(13-23)20(15-24)17-7-3-2-4-8-17;/h2-9,12,18,20H,10-11,13-15,23H2,1H3;1H/t18-,20+;/m1./s1. The first kappa shape index (κ1) is 18.9. The van der Waals surface area contributed by atoms with Gasteiger partial charge in [-0.25, -0.2) is 0 Å². The SMILES string of the molecule is Cc1cccc(C2(C(=O)N3C[C@@H](CN)[C@H](c4ccccc4)C3)CC2)c1.Cl. The van der Waals surface area contributed by atoms with E-state index in [-0.39, 0.29) is 17.8 Å². The van der Waals surface area contributed by atoms with Gasteiger partial charge in [-0.1, -0.05) is 60.2 Å². The third-order valence-corrected chi connectivity index (χ3v) is 5.99. The molecule has 2 N–H and O–H groups in total. The van der Waals surface area contributed by atoms with E-state index in [4.69, 9.17) is 5.73 Å². The van der Waals surface area contributed by atoms with Crippen molar-refractivity contribution in [3.8, 4) is 0 Å². The molecule has 2 fully saturated rings. The van der Waals surface area contributed by atoms with E-state index in [1.54, 1.807) is 0 Å². The summed E-state index contributed by atoms with van der Waals surface area (Å²) in [5.74, 6) is 0.998. The van der Waals surface area contributed by atoms with E-state index < -0.39 is 0 Å². The molecule has 2 aromatic carbocycles. The van der Waals surface area contributed by atoms with Crippen LogP contribution in [0.25, 0.3) is 0 Å². The highest BCUT2D eigenvalue weighted by atomic mass is 35.5. The van der Waals surface area contributed by atoms with Gasteiger partial charge in [0.15, 0.2) is 0 Å². The van der Waals surface area contributed by atoms with Crippen LogP contribution in [0.3, 0.4) is 0 Å². The first-order valence-corrected chi connectivity index (χ1v) is 9.25. The fourth-order valence-electron chi connectivity index (χ4n) is 4.35. The molecule has 2 aromatic rings. The monoisotopic (exact) mass is 370 g/mol. The quantitative estimate of drug-likeness (QED) is 0.892. The zero-order valence-electron chi connectivity index (χ0n) is 15.2. The Hall–Kier alpha value is -1.84. The summed E-state index contributed by atoms with van der Waals surface area (Å²) in [5, 5.41) is 0. The molecule has 0 spiro atoms. The first-order chi connectivity index (χ1) is 12.1. The molecule has 1 aliphatic carbocycles. The molecule has 138 valence electrons.